The molecule has 1 aromatic carbocycles. The van der Waals surface area contributed by atoms with Crippen molar-refractivity contribution in [2.45, 2.75) is 54.0 Å². The van der Waals surface area contributed by atoms with Crippen molar-refractivity contribution < 1.29 is 4.79 Å². The lowest BCUT2D eigenvalue weighted by Crippen LogP contribution is -2.37. The van der Waals surface area contributed by atoms with Crippen LogP contribution in [0.5, 0.6) is 0 Å². The topological polar surface area (TPSA) is 51.0 Å². The third-order valence-corrected chi connectivity index (χ3v) is 5.73. The van der Waals surface area contributed by atoms with E-state index in [0.717, 1.165) is 26.7 Å². The molecule has 0 saturated carbocycles. The average molecular weight is 385 g/mol. The fraction of sp³-hybridized carbons (Fsp3) is 0.476. The van der Waals surface area contributed by atoms with E-state index in [1.54, 1.807) is 11.3 Å². The summed E-state index contributed by atoms with van der Waals surface area (Å²) in [4.78, 5) is 19.6. The van der Waals surface area contributed by atoms with Gasteiger partial charge >= 0.3 is 0 Å². The normalized spacial score (nSPS) is 11.7. The van der Waals surface area contributed by atoms with Crippen molar-refractivity contribution >= 4 is 32.6 Å². The maximum absolute atomic E-state index is 12.9. The second-order valence-corrected chi connectivity index (χ2v) is 8.65. The highest BCUT2D eigenvalue weighted by Gasteiger charge is 2.23. The minimum Gasteiger partial charge on any atom is -0.286 e. The maximum atomic E-state index is 12.9. The van der Waals surface area contributed by atoms with Crippen LogP contribution in [0.1, 0.15) is 50.6 Å². The molecule has 0 N–H and O–H groups in total. The van der Waals surface area contributed by atoms with E-state index in [0.29, 0.717) is 19.0 Å². The van der Waals surface area contributed by atoms with Gasteiger partial charge in [0, 0.05) is 18.2 Å². The summed E-state index contributed by atoms with van der Waals surface area (Å²) in [6, 6.07) is 8.34. The van der Waals surface area contributed by atoms with Gasteiger partial charge < -0.3 is 0 Å². The molecule has 0 atom stereocenters. The third kappa shape index (κ3) is 4.05. The molecule has 3 aromatic rings. The van der Waals surface area contributed by atoms with E-state index in [4.69, 9.17) is 4.98 Å². The number of hydrogen-bond acceptors (Lipinski definition) is 4. The zero-order valence-corrected chi connectivity index (χ0v) is 17.8. The molecule has 1 amide bonds. The molecule has 0 aliphatic heterocycles. The van der Waals surface area contributed by atoms with Crippen LogP contribution in [0, 0.1) is 19.8 Å². The molecule has 0 radical (unpaired) electrons. The van der Waals surface area contributed by atoms with Crippen LogP contribution < -0.4 is 4.90 Å². The second-order valence-electron chi connectivity index (χ2n) is 7.64. The molecule has 144 valence electrons. The number of amides is 1. The molecule has 0 aliphatic rings. The molecule has 0 fully saturated rings. The number of anilines is 1. The van der Waals surface area contributed by atoms with Gasteiger partial charge in [-0.1, -0.05) is 51.2 Å². The first kappa shape index (κ1) is 19.5. The highest BCUT2D eigenvalue weighted by molar-refractivity contribution is 7.22. The van der Waals surface area contributed by atoms with Crippen LogP contribution in [0.4, 0.5) is 5.13 Å². The van der Waals surface area contributed by atoms with E-state index in [1.165, 1.54) is 5.56 Å². The first-order valence-electron chi connectivity index (χ1n) is 9.49. The van der Waals surface area contributed by atoms with Crippen LogP contribution >= 0.6 is 11.3 Å². The largest absolute Gasteiger partial charge is 0.286 e. The molecular weight excluding hydrogens is 356 g/mol. The highest BCUT2D eigenvalue weighted by atomic mass is 32.1. The lowest BCUT2D eigenvalue weighted by Gasteiger charge is -2.22. The van der Waals surface area contributed by atoms with E-state index in [9.17, 15) is 4.79 Å². The molecule has 3 rings (SSSR count). The molecule has 0 bridgehead atoms. The van der Waals surface area contributed by atoms with E-state index < -0.39 is 0 Å². The van der Waals surface area contributed by atoms with Crippen molar-refractivity contribution in [3.8, 4) is 0 Å². The molecule has 2 heterocycles. The number of carbonyl (C=O) groups excluding carboxylic acids is 1. The maximum Gasteiger partial charge on any atom is 0.231 e. The monoisotopic (exact) mass is 384 g/mol. The quantitative estimate of drug-likeness (QED) is 0.606. The summed E-state index contributed by atoms with van der Waals surface area (Å²) in [6.45, 7) is 13.5. The summed E-state index contributed by atoms with van der Waals surface area (Å²) in [6.07, 6.45) is 0. The fourth-order valence-corrected chi connectivity index (χ4v) is 4.28. The number of hydrogen-bond donors (Lipinski definition) is 0. The average Bonchev–Trinajstić information content (AvgIpc) is 3.16. The number of rotatable bonds is 6. The van der Waals surface area contributed by atoms with Gasteiger partial charge in [0.15, 0.2) is 5.13 Å². The van der Waals surface area contributed by atoms with Crippen LogP contribution in [0.2, 0.25) is 0 Å². The zero-order chi connectivity index (χ0) is 19.7. The number of thiazole rings is 1. The first-order valence-corrected chi connectivity index (χ1v) is 10.3. The number of aryl methyl sites for hydroxylation is 2. The van der Waals surface area contributed by atoms with Gasteiger partial charge in [0.2, 0.25) is 5.91 Å². The second kappa shape index (κ2) is 7.80. The Morgan fingerprint density at radius 1 is 1.22 bits per heavy atom. The van der Waals surface area contributed by atoms with Gasteiger partial charge in [0.25, 0.3) is 0 Å². The number of para-hydroxylation sites is 1. The van der Waals surface area contributed by atoms with Crippen molar-refractivity contribution in [1.82, 2.24) is 14.8 Å². The van der Waals surface area contributed by atoms with Gasteiger partial charge in [0.05, 0.1) is 22.5 Å². The highest BCUT2D eigenvalue weighted by Crippen LogP contribution is 2.34. The van der Waals surface area contributed by atoms with Crippen molar-refractivity contribution in [2.75, 3.05) is 11.4 Å². The van der Waals surface area contributed by atoms with Crippen molar-refractivity contribution in [1.29, 1.82) is 0 Å². The van der Waals surface area contributed by atoms with Gasteiger partial charge in [-0.2, -0.15) is 5.10 Å². The Labute approximate surface area is 165 Å². The van der Waals surface area contributed by atoms with Crippen LogP contribution in [0.25, 0.3) is 10.2 Å². The smallest absolute Gasteiger partial charge is 0.231 e. The van der Waals surface area contributed by atoms with Crippen molar-refractivity contribution in [3.63, 3.8) is 0 Å². The lowest BCUT2D eigenvalue weighted by molar-refractivity contribution is -0.121. The van der Waals surface area contributed by atoms with Crippen molar-refractivity contribution in [3.05, 3.63) is 41.2 Å². The molecule has 0 unspecified atom stereocenters. The van der Waals surface area contributed by atoms with E-state index in [-0.39, 0.29) is 11.8 Å². The number of carbonyl (C=O) groups is 1. The van der Waals surface area contributed by atoms with Gasteiger partial charge in [0.1, 0.15) is 0 Å². The summed E-state index contributed by atoms with van der Waals surface area (Å²) in [5.41, 5.74) is 4.34. The lowest BCUT2D eigenvalue weighted by atomic mass is 10.0. The molecule has 6 heteroatoms. The molecule has 2 aromatic heterocycles. The van der Waals surface area contributed by atoms with E-state index >= 15 is 0 Å². The minimum atomic E-state index is -0.0814. The number of aromatic nitrogens is 3. The Balaban J connectivity index is 1.95. The molecule has 0 aliphatic carbocycles. The molecular formula is C21H28N4OS. The van der Waals surface area contributed by atoms with Gasteiger partial charge in [-0.25, -0.2) is 4.98 Å². The third-order valence-electron chi connectivity index (χ3n) is 4.69. The Hall–Kier alpha value is -2.21. The van der Waals surface area contributed by atoms with Gasteiger partial charge in [-0.3, -0.25) is 14.4 Å². The number of fused-ring (bicyclic) bond motifs is 1. The van der Waals surface area contributed by atoms with E-state index in [1.807, 2.05) is 37.3 Å². The molecule has 27 heavy (non-hydrogen) atoms. The Morgan fingerprint density at radius 2 is 1.96 bits per heavy atom. The summed E-state index contributed by atoms with van der Waals surface area (Å²) in [7, 11) is 0. The predicted octanol–water partition coefficient (Wildman–Crippen LogP) is 4.92. The summed E-state index contributed by atoms with van der Waals surface area (Å²) < 4.78 is 3.09. The predicted molar refractivity (Wildman–Crippen MR) is 113 cm³/mol. The molecule has 5 nitrogen and oxygen atoms in total. The fourth-order valence-electron chi connectivity index (χ4n) is 3.25. The zero-order valence-electron chi connectivity index (χ0n) is 17.0. The van der Waals surface area contributed by atoms with Crippen LogP contribution in [0.3, 0.4) is 0 Å². The summed E-state index contributed by atoms with van der Waals surface area (Å²) in [5, 5.41) is 5.30. The summed E-state index contributed by atoms with van der Waals surface area (Å²) >= 11 is 1.59. The Kier molecular flexibility index (Phi) is 5.65. The number of benzene rings is 1. The minimum absolute atomic E-state index is 0.0814. The number of nitrogens with zero attached hydrogens (tertiary/aromatic N) is 4. The SMILES string of the molecule is Cc1cc(C)n(CCN(C(=O)C(C)C)c2nc3c(C(C)C)cccc3s2)n1. The van der Waals surface area contributed by atoms with Crippen LogP contribution in [-0.4, -0.2) is 27.2 Å². The summed E-state index contributed by atoms with van der Waals surface area (Å²) in [5.74, 6) is 0.413. The molecule has 0 spiro atoms. The Morgan fingerprint density at radius 3 is 2.56 bits per heavy atom. The van der Waals surface area contributed by atoms with Gasteiger partial charge in [-0.15, -0.1) is 0 Å². The van der Waals surface area contributed by atoms with Crippen molar-refractivity contribution in [2.24, 2.45) is 5.92 Å². The molecule has 0 saturated heterocycles. The van der Waals surface area contributed by atoms with E-state index in [2.05, 4.69) is 43.2 Å². The Bertz CT molecular complexity index is 954. The van der Waals surface area contributed by atoms with Gasteiger partial charge in [-0.05, 0) is 37.5 Å². The standard InChI is InChI=1S/C21H28N4OS/c1-13(2)17-8-7-9-18-19(17)22-21(27-18)24(20(26)14(3)4)10-11-25-16(6)12-15(5)23-25/h7-9,12-14H,10-11H2,1-6H3. The van der Waals surface area contributed by atoms with Crippen LogP contribution in [0.15, 0.2) is 24.3 Å². The first-order chi connectivity index (χ1) is 12.8. The van der Waals surface area contributed by atoms with Crippen LogP contribution in [-0.2, 0) is 11.3 Å².